The molecule has 8 unspecified atom stereocenters. The molecule has 2 aliphatic heterocycles. The first kappa shape index (κ1) is 42.0. The highest BCUT2D eigenvalue weighted by atomic mass is 16.6. The van der Waals surface area contributed by atoms with Gasteiger partial charge in [-0.1, -0.05) is 118 Å². The van der Waals surface area contributed by atoms with Crippen molar-refractivity contribution in [1.82, 2.24) is 0 Å². The van der Waals surface area contributed by atoms with Gasteiger partial charge in [0.2, 0.25) is 0 Å². The van der Waals surface area contributed by atoms with Crippen LogP contribution in [0.4, 0.5) is 0 Å². The van der Waals surface area contributed by atoms with Crippen molar-refractivity contribution in [2.45, 2.75) is 158 Å². The highest BCUT2D eigenvalue weighted by Gasteiger charge is 2.51. The topological polar surface area (TPSA) is 71.1 Å². The highest BCUT2D eigenvalue weighted by molar-refractivity contribution is 5.78. The summed E-state index contributed by atoms with van der Waals surface area (Å²) in [6.45, 7) is 26.9. The Kier molecular flexibility index (Phi) is 14.6. The van der Waals surface area contributed by atoms with Crippen molar-refractivity contribution >= 4 is 11.9 Å². The van der Waals surface area contributed by atoms with E-state index in [9.17, 15) is 9.59 Å². The van der Waals surface area contributed by atoms with Gasteiger partial charge in [0.15, 0.2) is 0 Å². The average molecular weight is 719 g/mol. The van der Waals surface area contributed by atoms with E-state index in [1.165, 1.54) is 11.1 Å². The number of carbonyl (C=O) groups is 2. The number of carbonyl (C=O) groups excluding carboxylic acids is 2. The zero-order chi connectivity index (χ0) is 38.4. The van der Waals surface area contributed by atoms with Gasteiger partial charge in [-0.2, -0.15) is 0 Å². The highest BCUT2D eigenvalue weighted by Crippen LogP contribution is 2.50. The molecule has 0 amide bonds. The minimum Gasteiger partial charge on any atom is -0.462 e. The average Bonchev–Trinajstić information content (AvgIpc) is 3.09. The molecule has 6 nitrogen and oxygen atoms in total. The molecule has 2 heterocycles. The summed E-state index contributed by atoms with van der Waals surface area (Å²) in [5.41, 5.74) is 4.30. The Morgan fingerprint density at radius 1 is 0.654 bits per heavy atom. The van der Waals surface area contributed by atoms with Crippen molar-refractivity contribution in [1.29, 1.82) is 0 Å². The van der Waals surface area contributed by atoms with Crippen LogP contribution >= 0.6 is 0 Å². The summed E-state index contributed by atoms with van der Waals surface area (Å²) in [6.07, 6.45) is 5.21. The van der Waals surface area contributed by atoms with E-state index in [2.05, 4.69) is 118 Å². The monoisotopic (exact) mass is 719 g/mol. The summed E-state index contributed by atoms with van der Waals surface area (Å²) >= 11 is 0. The van der Waals surface area contributed by atoms with Gasteiger partial charge in [0.05, 0.1) is 36.3 Å². The molecule has 0 N–H and O–H groups in total. The normalized spacial score (nSPS) is 25.5. The number of esters is 2. The van der Waals surface area contributed by atoms with E-state index in [1.54, 1.807) is 0 Å². The molecule has 6 heteroatoms. The van der Waals surface area contributed by atoms with Gasteiger partial charge >= 0.3 is 11.9 Å². The largest absolute Gasteiger partial charge is 0.462 e. The quantitative estimate of drug-likeness (QED) is 0.181. The minimum atomic E-state index is -0.341. The maximum absolute atomic E-state index is 13.2. The SMILES string of the molecule is CC(C)Cc1ccc(C(C)C(=O)OCC2CCC(C)C(C3CCC(COC(=O)C(C)c4ccc(CC(C)C)cc4)OC3C(C)(C)C(C)(C)C)O2)cc1. The van der Waals surface area contributed by atoms with Crippen molar-refractivity contribution in [2.24, 2.45) is 34.5 Å². The first-order valence-corrected chi connectivity index (χ1v) is 20.2. The molecule has 0 spiro atoms. The van der Waals surface area contributed by atoms with Crippen molar-refractivity contribution < 1.29 is 28.5 Å². The minimum absolute atomic E-state index is 0.0165. The smallest absolute Gasteiger partial charge is 0.313 e. The molecular weight excluding hydrogens is 649 g/mol. The third-order valence-corrected chi connectivity index (χ3v) is 12.2. The van der Waals surface area contributed by atoms with Crippen molar-refractivity contribution in [3.8, 4) is 0 Å². The molecule has 0 bridgehead atoms. The lowest BCUT2D eigenvalue weighted by atomic mass is 9.60. The van der Waals surface area contributed by atoms with Crippen molar-refractivity contribution in [3.05, 3.63) is 70.8 Å². The molecule has 2 aromatic rings. The van der Waals surface area contributed by atoms with Gasteiger partial charge in [-0.25, -0.2) is 0 Å². The van der Waals surface area contributed by atoms with Gasteiger partial charge in [0.1, 0.15) is 13.2 Å². The molecule has 0 radical (unpaired) electrons. The fourth-order valence-corrected chi connectivity index (χ4v) is 7.88. The number of hydrogen-bond donors (Lipinski definition) is 0. The zero-order valence-corrected chi connectivity index (χ0v) is 34.5. The summed E-state index contributed by atoms with van der Waals surface area (Å²) in [7, 11) is 0. The Balaban J connectivity index is 1.38. The van der Waals surface area contributed by atoms with E-state index in [4.69, 9.17) is 18.9 Å². The summed E-state index contributed by atoms with van der Waals surface area (Å²) in [5, 5.41) is 0. The fraction of sp³-hybridized carbons (Fsp3) is 0.696. The van der Waals surface area contributed by atoms with Crippen LogP contribution in [0.1, 0.15) is 143 Å². The predicted molar refractivity (Wildman–Crippen MR) is 210 cm³/mol. The lowest BCUT2D eigenvalue weighted by Gasteiger charge is -2.54. The first-order chi connectivity index (χ1) is 24.4. The fourth-order valence-electron chi connectivity index (χ4n) is 7.88. The number of ether oxygens (including phenoxy) is 4. The maximum Gasteiger partial charge on any atom is 0.313 e. The van der Waals surface area contributed by atoms with E-state index in [0.29, 0.717) is 17.8 Å². The number of hydrogen-bond acceptors (Lipinski definition) is 6. The zero-order valence-electron chi connectivity index (χ0n) is 34.5. The van der Waals surface area contributed by atoms with Crippen LogP contribution in [0, 0.1) is 34.5 Å². The van der Waals surface area contributed by atoms with E-state index < -0.39 is 0 Å². The van der Waals surface area contributed by atoms with Crippen LogP contribution < -0.4 is 0 Å². The summed E-state index contributed by atoms with van der Waals surface area (Å²) in [5.74, 6) is 0.601. The van der Waals surface area contributed by atoms with Gasteiger partial charge in [0, 0.05) is 5.92 Å². The van der Waals surface area contributed by atoms with Crippen LogP contribution in [0.3, 0.4) is 0 Å². The number of benzene rings is 2. The molecule has 52 heavy (non-hydrogen) atoms. The summed E-state index contributed by atoms with van der Waals surface area (Å²) in [6, 6.07) is 16.7. The Hall–Kier alpha value is -2.70. The molecule has 2 fully saturated rings. The van der Waals surface area contributed by atoms with E-state index >= 15 is 0 Å². The lowest BCUT2D eigenvalue weighted by Crippen LogP contribution is -2.56. The lowest BCUT2D eigenvalue weighted by molar-refractivity contribution is -0.223. The van der Waals surface area contributed by atoms with E-state index in [0.717, 1.165) is 49.7 Å². The molecule has 4 rings (SSSR count). The van der Waals surface area contributed by atoms with Crippen LogP contribution in [0.15, 0.2) is 48.5 Å². The summed E-state index contributed by atoms with van der Waals surface area (Å²) < 4.78 is 25.7. The molecule has 8 atom stereocenters. The third-order valence-electron chi connectivity index (χ3n) is 12.2. The van der Waals surface area contributed by atoms with Crippen LogP contribution in [0.25, 0.3) is 0 Å². The molecule has 2 aromatic carbocycles. The van der Waals surface area contributed by atoms with Gasteiger partial charge < -0.3 is 18.9 Å². The molecule has 0 aliphatic carbocycles. The second-order valence-electron chi connectivity index (χ2n) is 18.6. The van der Waals surface area contributed by atoms with E-state index in [1.807, 2.05) is 13.8 Å². The van der Waals surface area contributed by atoms with Crippen LogP contribution in [0.5, 0.6) is 0 Å². The van der Waals surface area contributed by atoms with Gasteiger partial charge in [-0.3, -0.25) is 9.59 Å². The van der Waals surface area contributed by atoms with Gasteiger partial charge in [-0.15, -0.1) is 0 Å². The maximum atomic E-state index is 13.2. The van der Waals surface area contributed by atoms with E-state index in [-0.39, 0.29) is 78.2 Å². The van der Waals surface area contributed by atoms with Crippen LogP contribution in [-0.2, 0) is 41.4 Å². The van der Waals surface area contributed by atoms with Crippen LogP contribution in [-0.4, -0.2) is 49.6 Å². The third kappa shape index (κ3) is 10.9. The molecule has 290 valence electrons. The Bertz CT molecular complexity index is 1420. The number of rotatable bonds is 14. The molecule has 2 aliphatic rings. The first-order valence-electron chi connectivity index (χ1n) is 20.2. The molecular formula is C46H70O6. The molecule has 0 saturated carbocycles. The van der Waals surface area contributed by atoms with Crippen molar-refractivity contribution in [2.75, 3.05) is 13.2 Å². The molecule has 0 aromatic heterocycles. The van der Waals surface area contributed by atoms with Gasteiger partial charge in [-0.05, 0) is 103 Å². The Morgan fingerprint density at radius 2 is 1.08 bits per heavy atom. The van der Waals surface area contributed by atoms with Crippen LogP contribution in [0.2, 0.25) is 0 Å². The Labute approximate surface area is 316 Å². The second-order valence-corrected chi connectivity index (χ2v) is 18.6. The second kappa shape index (κ2) is 18.1. The van der Waals surface area contributed by atoms with Crippen molar-refractivity contribution in [3.63, 3.8) is 0 Å². The summed E-state index contributed by atoms with van der Waals surface area (Å²) in [4.78, 5) is 26.4. The standard InChI is InChI=1S/C46H70O6/c1-29(2)25-34-14-18-36(19-15-34)32(6)43(47)49-27-38-22-13-31(5)41(51-38)40-24-23-39(52-42(40)46(11,12)45(8,9)10)28-50-44(48)33(7)37-20-16-35(17-21-37)26-30(3)4/h14-21,29-33,38-42H,13,22-28H2,1-12H3. The van der Waals surface area contributed by atoms with Gasteiger partial charge in [0.25, 0.3) is 0 Å². The predicted octanol–water partition coefficient (Wildman–Crippen LogP) is 10.5. The Morgan fingerprint density at radius 3 is 1.50 bits per heavy atom. The molecule has 2 saturated heterocycles.